The number of hydrogen-bond donors (Lipinski definition) is 0. The maximum absolute atomic E-state index is 12.0. The number of ether oxygens (including phenoxy) is 1. The van der Waals surface area contributed by atoms with Crippen LogP contribution >= 0.6 is 0 Å². The van der Waals surface area contributed by atoms with Gasteiger partial charge >= 0.3 is 5.97 Å². The molecule has 2 heterocycles. The van der Waals surface area contributed by atoms with Crippen LogP contribution in [0.4, 0.5) is 0 Å². The summed E-state index contributed by atoms with van der Waals surface area (Å²) in [5.41, 5.74) is 0.304. The Bertz CT molecular complexity index is 481. The summed E-state index contributed by atoms with van der Waals surface area (Å²) in [4.78, 5) is 16.6. The monoisotopic (exact) mass is 232 g/mol. The van der Waals surface area contributed by atoms with Crippen LogP contribution < -0.4 is 0 Å². The first-order valence-electron chi connectivity index (χ1n) is 6.15. The van der Waals surface area contributed by atoms with Gasteiger partial charge in [-0.3, -0.25) is 0 Å². The second kappa shape index (κ2) is 3.72. The third-order valence-electron chi connectivity index (χ3n) is 3.73. The molecule has 4 heteroatoms. The predicted octanol–water partition coefficient (Wildman–Crippen LogP) is 2.03. The molecule has 4 nitrogen and oxygen atoms in total. The van der Waals surface area contributed by atoms with Crippen LogP contribution in [0.3, 0.4) is 0 Å². The number of cyclic esters (lactones) is 1. The third-order valence-corrected chi connectivity index (χ3v) is 3.73. The molecule has 1 aromatic heterocycles. The van der Waals surface area contributed by atoms with Gasteiger partial charge in [0, 0.05) is 13.2 Å². The van der Waals surface area contributed by atoms with Gasteiger partial charge in [0.25, 0.3) is 0 Å². The minimum absolute atomic E-state index is 0.159. The molecule has 0 radical (unpaired) electrons. The van der Waals surface area contributed by atoms with Crippen molar-refractivity contribution in [1.29, 1.82) is 0 Å². The van der Waals surface area contributed by atoms with Gasteiger partial charge < -0.3 is 9.30 Å². The van der Waals surface area contributed by atoms with E-state index in [1.807, 2.05) is 29.9 Å². The largest absolute Gasteiger partial charge is 0.404 e. The molecule has 0 atom stereocenters. The number of rotatable bonds is 1. The predicted molar refractivity (Wildman–Crippen MR) is 63.9 cm³/mol. The van der Waals surface area contributed by atoms with Crippen molar-refractivity contribution in [1.82, 2.24) is 4.57 Å². The van der Waals surface area contributed by atoms with Crippen LogP contribution in [-0.2, 0) is 16.6 Å². The van der Waals surface area contributed by atoms with Crippen molar-refractivity contribution >= 4 is 11.9 Å². The van der Waals surface area contributed by atoms with E-state index in [1.54, 1.807) is 0 Å². The lowest BCUT2D eigenvalue weighted by atomic mass is 9.83. The molecule has 1 saturated carbocycles. The zero-order valence-electron chi connectivity index (χ0n) is 9.98. The summed E-state index contributed by atoms with van der Waals surface area (Å²) >= 11 is 0. The number of aryl methyl sites for hydroxylation is 1. The summed E-state index contributed by atoms with van der Waals surface area (Å²) in [6.45, 7) is 0. The number of carbonyl (C=O) groups is 1. The first kappa shape index (κ1) is 10.6. The van der Waals surface area contributed by atoms with Crippen LogP contribution in [0, 0.1) is 0 Å². The quantitative estimate of drug-likeness (QED) is 0.695. The molecule has 1 aliphatic carbocycles. The minimum atomic E-state index is -0.572. The van der Waals surface area contributed by atoms with E-state index in [0.29, 0.717) is 5.90 Å². The number of carbonyl (C=O) groups excluding carboxylic acids is 1. The highest BCUT2D eigenvalue weighted by atomic mass is 16.6. The van der Waals surface area contributed by atoms with Gasteiger partial charge in [0.15, 0.2) is 5.54 Å². The van der Waals surface area contributed by atoms with E-state index in [1.165, 1.54) is 6.42 Å². The molecular weight excluding hydrogens is 216 g/mol. The summed E-state index contributed by atoms with van der Waals surface area (Å²) in [5.74, 6) is 0.331. The van der Waals surface area contributed by atoms with Crippen molar-refractivity contribution in [3.8, 4) is 0 Å². The molecule has 1 aliphatic heterocycles. The molecule has 0 amide bonds. The van der Waals surface area contributed by atoms with Gasteiger partial charge in [0.05, 0.1) is 0 Å². The highest BCUT2D eigenvalue weighted by Gasteiger charge is 2.46. The Morgan fingerprint density at radius 3 is 2.76 bits per heavy atom. The number of nitrogens with zero attached hydrogens (tertiary/aromatic N) is 2. The standard InChI is InChI=1S/C13H16N2O2/c1-15-9-5-6-10(15)11-14-13(12(16)17-11)7-3-2-4-8-13/h5-6,9H,2-4,7-8H2,1H3. The Balaban J connectivity index is 1.96. The number of aliphatic imine (C=N–C) groups is 1. The highest BCUT2D eigenvalue weighted by molar-refractivity contribution is 6.07. The van der Waals surface area contributed by atoms with Crippen molar-refractivity contribution in [2.45, 2.75) is 37.6 Å². The third kappa shape index (κ3) is 1.59. The maximum Gasteiger partial charge on any atom is 0.340 e. The van der Waals surface area contributed by atoms with E-state index in [0.717, 1.165) is 31.4 Å². The second-order valence-electron chi connectivity index (χ2n) is 4.90. The van der Waals surface area contributed by atoms with Gasteiger partial charge in [-0.1, -0.05) is 19.3 Å². The molecule has 0 N–H and O–H groups in total. The second-order valence-corrected chi connectivity index (χ2v) is 4.90. The number of hydrogen-bond acceptors (Lipinski definition) is 3. The van der Waals surface area contributed by atoms with Gasteiger partial charge in [-0.25, -0.2) is 9.79 Å². The van der Waals surface area contributed by atoms with Gasteiger partial charge in [0.1, 0.15) is 5.69 Å². The van der Waals surface area contributed by atoms with E-state index in [-0.39, 0.29) is 5.97 Å². The normalized spacial score (nSPS) is 22.6. The van der Waals surface area contributed by atoms with Crippen LogP contribution in [0.25, 0.3) is 0 Å². The van der Waals surface area contributed by atoms with Crippen molar-refractivity contribution < 1.29 is 9.53 Å². The Labute approximate surface area is 100 Å². The van der Waals surface area contributed by atoms with Gasteiger partial charge in [-0.05, 0) is 25.0 Å². The van der Waals surface area contributed by atoms with Crippen molar-refractivity contribution in [2.24, 2.45) is 12.0 Å². The van der Waals surface area contributed by atoms with E-state index in [4.69, 9.17) is 4.74 Å². The molecule has 3 rings (SSSR count). The number of aromatic nitrogens is 1. The van der Waals surface area contributed by atoms with Crippen LogP contribution in [0.2, 0.25) is 0 Å². The average Bonchev–Trinajstić information content (AvgIpc) is 2.86. The van der Waals surface area contributed by atoms with E-state index in [2.05, 4.69) is 4.99 Å². The van der Waals surface area contributed by atoms with Crippen molar-refractivity contribution in [3.63, 3.8) is 0 Å². The zero-order valence-corrected chi connectivity index (χ0v) is 9.98. The Morgan fingerprint density at radius 2 is 2.12 bits per heavy atom. The molecule has 1 fully saturated rings. The molecule has 0 saturated heterocycles. The molecule has 2 aliphatic rings. The maximum atomic E-state index is 12.0. The molecule has 1 spiro atoms. The van der Waals surface area contributed by atoms with Crippen molar-refractivity contribution in [3.05, 3.63) is 24.0 Å². The summed E-state index contributed by atoms with van der Waals surface area (Å²) in [6, 6.07) is 3.85. The molecule has 0 bridgehead atoms. The van der Waals surface area contributed by atoms with Gasteiger partial charge in [-0.15, -0.1) is 0 Å². The van der Waals surface area contributed by atoms with Crippen LogP contribution in [0.1, 0.15) is 37.8 Å². The Kier molecular flexibility index (Phi) is 2.31. The fraction of sp³-hybridized carbons (Fsp3) is 0.538. The Morgan fingerprint density at radius 1 is 1.35 bits per heavy atom. The summed E-state index contributed by atoms with van der Waals surface area (Å²) < 4.78 is 7.29. The topological polar surface area (TPSA) is 43.6 Å². The molecule has 90 valence electrons. The van der Waals surface area contributed by atoms with Crippen LogP contribution in [0.15, 0.2) is 23.3 Å². The minimum Gasteiger partial charge on any atom is -0.404 e. The van der Waals surface area contributed by atoms with Gasteiger partial charge in [-0.2, -0.15) is 0 Å². The summed E-state index contributed by atoms with van der Waals surface area (Å²) in [7, 11) is 1.93. The molecule has 0 unspecified atom stereocenters. The van der Waals surface area contributed by atoms with E-state index in [9.17, 15) is 4.79 Å². The van der Waals surface area contributed by atoms with Crippen molar-refractivity contribution in [2.75, 3.05) is 0 Å². The average molecular weight is 232 g/mol. The number of esters is 1. The fourth-order valence-electron chi connectivity index (χ4n) is 2.69. The van der Waals surface area contributed by atoms with E-state index >= 15 is 0 Å². The SMILES string of the molecule is Cn1cccc1C1=NC2(CCCCC2)C(=O)O1. The molecule has 1 aromatic rings. The molecule has 17 heavy (non-hydrogen) atoms. The molecular formula is C13H16N2O2. The smallest absolute Gasteiger partial charge is 0.340 e. The first-order chi connectivity index (χ1) is 8.21. The van der Waals surface area contributed by atoms with E-state index < -0.39 is 5.54 Å². The fourth-order valence-corrected chi connectivity index (χ4v) is 2.69. The lowest BCUT2D eigenvalue weighted by Crippen LogP contribution is -2.35. The Hall–Kier alpha value is -1.58. The first-order valence-corrected chi connectivity index (χ1v) is 6.15. The van der Waals surface area contributed by atoms with Crippen LogP contribution in [-0.4, -0.2) is 22.0 Å². The lowest BCUT2D eigenvalue weighted by molar-refractivity contribution is -0.140. The van der Waals surface area contributed by atoms with Gasteiger partial charge in [0.2, 0.25) is 5.90 Å². The summed E-state index contributed by atoms with van der Waals surface area (Å²) in [6.07, 6.45) is 6.93. The lowest BCUT2D eigenvalue weighted by Gasteiger charge is -2.25. The molecule has 0 aromatic carbocycles. The zero-order chi connectivity index (χ0) is 11.9. The summed E-state index contributed by atoms with van der Waals surface area (Å²) in [5, 5.41) is 0. The highest BCUT2D eigenvalue weighted by Crippen LogP contribution is 2.37. The van der Waals surface area contributed by atoms with Crippen LogP contribution in [0.5, 0.6) is 0 Å².